The SMILES string of the molecule is CC(C)(C)OC(=O)N1[C@H]([C@@H]2OC(=O)[C@@H]3[C@H](c4ccccc4)[C@H]23)COC1(C)C. The topological polar surface area (TPSA) is 65.1 Å². The van der Waals surface area contributed by atoms with Gasteiger partial charge in [0.05, 0.1) is 18.6 Å². The van der Waals surface area contributed by atoms with Crippen LogP contribution in [0.2, 0.25) is 0 Å². The summed E-state index contributed by atoms with van der Waals surface area (Å²) in [6, 6.07) is 9.69. The van der Waals surface area contributed by atoms with E-state index < -0.39 is 17.4 Å². The lowest BCUT2D eigenvalue weighted by Crippen LogP contribution is -2.54. The van der Waals surface area contributed by atoms with E-state index in [2.05, 4.69) is 0 Å². The van der Waals surface area contributed by atoms with Crippen molar-refractivity contribution in [3.8, 4) is 0 Å². The molecule has 2 aliphatic heterocycles. The average molecular weight is 373 g/mol. The van der Waals surface area contributed by atoms with Gasteiger partial charge in [0.1, 0.15) is 17.4 Å². The van der Waals surface area contributed by atoms with Crippen LogP contribution in [-0.2, 0) is 19.0 Å². The van der Waals surface area contributed by atoms with Crippen molar-refractivity contribution < 1.29 is 23.8 Å². The van der Waals surface area contributed by atoms with E-state index in [9.17, 15) is 9.59 Å². The number of fused-ring (bicyclic) bond motifs is 1. The Morgan fingerprint density at radius 1 is 1.19 bits per heavy atom. The number of carbonyl (C=O) groups excluding carboxylic acids is 2. The lowest BCUT2D eigenvalue weighted by Gasteiger charge is -2.37. The molecule has 1 saturated carbocycles. The van der Waals surface area contributed by atoms with Crippen molar-refractivity contribution in [2.24, 2.45) is 11.8 Å². The highest BCUT2D eigenvalue weighted by Gasteiger charge is 2.69. The highest BCUT2D eigenvalue weighted by Crippen LogP contribution is 2.62. The van der Waals surface area contributed by atoms with E-state index in [-0.39, 0.29) is 35.9 Å². The molecule has 27 heavy (non-hydrogen) atoms. The number of hydrogen-bond donors (Lipinski definition) is 0. The second kappa shape index (κ2) is 5.96. The Bertz CT molecular complexity index is 754. The Morgan fingerprint density at radius 3 is 2.48 bits per heavy atom. The van der Waals surface area contributed by atoms with Gasteiger partial charge in [0, 0.05) is 11.8 Å². The van der Waals surface area contributed by atoms with E-state index in [0.717, 1.165) is 5.56 Å². The van der Waals surface area contributed by atoms with E-state index in [4.69, 9.17) is 14.2 Å². The summed E-state index contributed by atoms with van der Waals surface area (Å²) >= 11 is 0. The van der Waals surface area contributed by atoms with Crippen LogP contribution in [-0.4, -0.2) is 47.0 Å². The summed E-state index contributed by atoms with van der Waals surface area (Å²) in [5, 5.41) is 0. The first kappa shape index (κ1) is 18.3. The van der Waals surface area contributed by atoms with Gasteiger partial charge in [-0.1, -0.05) is 30.3 Å². The number of hydrogen-bond acceptors (Lipinski definition) is 5. The lowest BCUT2D eigenvalue weighted by molar-refractivity contribution is -0.148. The number of amides is 1. The van der Waals surface area contributed by atoms with E-state index in [1.54, 1.807) is 4.90 Å². The summed E-state index contributed by atoms with van der Waals surface area (Å²) in [5.74, 6) is -0.0664. The third-order valence-corrected chi connectivity index (χ3v) is 5.65. The van der Waals surface area contributed by atoms with Crippen molar-refractivity contribution in [3.63, 3.8) is 0 Å². The average Bonchev–Trinajstić information content (AvgIpc) is 3.10. The van der Waals surface area contributed by atoms with Crippen LogP contribution in [0.1, 0.15) is 46.1 Å². The molecule has 5 atom stereocenters. The van der Waals surface area contributed by atoms with Gasteiger partial charge < -0.3 is 14.2 Å². The molecule has 0 bridgehead atoms. The minimum atomic E-state index is -0.811. The molecule has 6 nitrogen and oxygen atoms in total. The molecule has 1 aromatic rings. The molecular weight excluding hydrogens is 346 g/mol. The van der Waals surface area contributed by atoms with E-state index in [1.807, 2.05) is 65.0 Å². The molecule has 6 heteroatoms. The number of carbonyl (C=O) groups is 2. The monoisotopic (exact) mass is 373 g/mol. The van der Waals surface area contributed by atoms with E-state index in [0.29, 0.717) is 6.61 Å². The Labute approximate surface area is 159 Å². The van der Waals surface area contributed by atoms with Gasteiger partial charge in [0.15, 0.2) is 0 Å². The van der Waals surface area contributed by atoms with Crippen LogP contribution in [0.15, 0.2) is 30.3 Å². The second-order valence-corrected chi connectivity index (χ2v) is 9.12. The summed E-state index contributed by atoms with van der Waals surface area (Å²) < 4.78 is 17.2. The number of rotatable bonds is 2. The smallest absolute Gasteiger partial charge is 0.413 e. The molecule has 3 fully saturated rings. The summed E-state index contributed by atoms with van der Waals surface area (Å²) in [7, 11) is 0. The fourth-order valence-corrected chi connectivity index (χ4v) is 4.52. The molecule has 3 aliphatic rings. The quantitative estimate of drug-likeness (QED) is 0.744. The Hall–Kier alpha value is -2.08. The summed E-state index contributed by atoms with van der Waals surface area (Å²) in [6.07, 6.45) is -0.812. The highest BCUT2D eigenvalue weighted by atomic mass is 16.6. The molecule has 1 aromatic carbocycles. The van der Waals surface area contributed by atoms with Crippen molar-refractivity contribution in [1.29, 1.82) is 0 Å². The maximum absolute atomic E-state index is 12.9. The van der Waals surface area contributed by atoms with Crippen molar-refractivity contribution in [1.82, 2.24) is 4.90 Å². The molecule has 0 aromatic heterocycles. The predicted octanol–water partition coefficient (Wildman–Crippen LogP) is 3.31. The number of nitrogens with zero attached hydrogens (tertiary/aromatic N) is 1. The van der Waals surface area contributed by atoms with Crippen LogP contribution >= 0.6 is 0 Å². The van der Waals surface area contributed by atoms with Crippen LogP contribution in [0.4, 0.5) is 4.79 Å². The lowest BCUT2D eigenvalue weighted by atomic mass is 10.0. The Kier molecular flexibility index (Phi) is 4.04. The first-order chi connectivity index (χ1) is 12.6. The second-order valence-electron chi connectivity index (χ2n) is 9.12. The molecule has 2 heterocycles. The number of cyclic esters (lactones) is 1. The minimum absolute atomic E-state index is 0.0762. The van der Waals surface area contributed by atoms with Gasteiger partial charge in [-0.05, 0) is 40.2 Å². The Morgan fingerprint density at radius 2 is 1.85 bits per heavy atom. The summed E-state index contributed by atoms with van der Waals surface area (Å²) in [5.41, 5.74) is -0.271. The zero-order valence-electron chi connectivity index (χ0n) is 16.5. The maximum Gasteiger partial charge on any atom is 0.413 e. The van der Waals surface area contributed by atoms with Crippen molar-refractivity contribution >= 4 is 12.1 Å². The largest absolute Gasteiger partial charge is 0.459 e. The van der Waals surface area contributed by atoms with Crippen LogP contribution < -0.4 is 0 Å². The van der Waals surface area contributed by atoms with Crippen LogP contribution in [0, 0.1) is 11.8 Å². The van der Waals surface area contributed by atoms with Crippen molar-refractivity contribution in [2.45, 2.75) is 64.0 Å². The molecule has 0 spiro atoms. The van der Waals surface area contributed by atoms with Gasteiger partial charge in [-0.25, -0.2) is 4.79 Å². The molecule has 0 radical (unpaired) electrons. The highest BCUT2D eigenvalue weighted by molar-refractivity contribution is 5.82. The molecule has 1 aliphatic carbocycles. The van der Waals surface area contributed by atoms with Crippen LogP contribution in [0.25, 0.3) is 0 Å². The fraction of sp³-hybridized carbons (Fsp3) is 0.619. The standard InChI is InChI=1S/C21H27NO5/c1-20(2,3)27-19(24)22-13(11-25-21(22,4)5)17-15-14(16(15)18(23)26-17)12-9-7-6-8-10-12/h6-10,13-17H,11H2,1-5H3/t13-,14+,15-,16+,17-/m0/s1. The predicted molar refractivity (Wildman–Crippen MR) is 97.9 cm³/mol. The molecule has 0 unspecified atom stereocenters. The maximum atomic E-state index is 12.9. The summed E-state index contributed by atoms with van der Waals surface area (Å²) in [4.78, 5) is 26.9. The van der Waals surface area contributed by atoms with Gasteiger partial charge >= 0.3 is 12.1 Å². The zero-order chi connectivity index (χ0) is 19.6. The zero-order valence-corrected chi connectivity index (χ0v) is 16.5. The normalized spacial score (nSPS) is 34.2. The van der Waals surface area contributed by atoms with Crippen LogP contribution in [0.5, 0.6) is 0 Å². The molecular formula is C21H27NO5. The molecule has 146 valence electrons. The van der Waals surface area contributed by atoms with Gasteiger partial charge in [0.2, 0.25) is 0 Å². The third-order valence-electron chi connectivity index (χ3n) is 5.65. The molecule has 4 rings (SSSR count). The first-order valence-electron chi connectivity index (χ1n) is 9.52. The Balaban J connectivity index is 1.58. The first-order valence-corrected chi connectivity index (χ1v) is 9.52. The van der Waals surface area contributed by atoms with E-state index >= 15 is 0 Å². The number of esters is 1. The van der Waals surface area contributed by atoms with Crippen LogP contribution in [0.3, 0.4) is 0 Å². The third kappa shape index (κ3) is 3.10. The number of benzene rings is 1. The molecule has 2 saturated heterocycles. The van der Waals surface area contributed by atoms with Gasteiger partial charge in [-0.3, -0.25) is 9.69 Å². The van der Waals surface area contributed by atoms with E-state index in [1.165, 1.54) is 0 Å². The number of ether oxygens (including phenoxy) is 3. The van der Waals surface area contributed by atoms with Gasteiger partial charge in [0.25, 0.3) is 0 Å². The molecule has 1 amide bonds. The van der Waals surface area contributed by atoms with Crippen molar-refractivity contribution in [3.05, 3.63) is 35.9 Å². The minimum Gasteiger partial charge on any atom is -0.459 e. The molecule has 0 N–H and O–H groups in total. The van der Waals surface area contributed by atoms with Gasteiger partial charge in [-0.15, -0.1) is 0 Å². The van der Waals surface area contributed by atoms with Crippen molar-refractivity contribution in [2.75, 3.05) is 6.61 Å². The fourth-order valence-electron chi connectivity index (χ4n) is 4.52. The van der Waals surface area contributed by atoms with Gasteiger partial charge in [-0.2, -0.15) is 0 Å². The summed E-state index contributed by atoms with van der Waals surface area (Å²) in [6.45, 7) is 9.51.